The minimum absolute atomic E-state index is 0.156. The van der Waals surface area contributed by atoms with E-state index in [4.69, 9.17) is 9.84 Å². The fraction of sp³-hybridized carbons (Fsp3) is 0.500. The number of rotatable bonds is 4. The quantitative estimate of drug-likeness (QED) is 0.823. The van der Waals surface area contributed by atoms with Gasteiger partial charge in [0.25, 0.3) is 0 Å². The molecule has 0 amide bonds. The van der Waals surface area contributed by atoms with E-state index in [0.717, 1.165) is 0 Å². The minimum atomic E-state index is -4.63. The van der Waals surface area contributed by atoms with Crippen LogP contribution in [0.1, 0.15) is 5.56 Å². The van der Waals surface area contributed by atoms with Gasteiger partial charge in [-0.15, -0.1) is 0 Å². The minimum Gasteiger partial charge on any atom is -0.488 e. The fourth-order valence-electron chi connectivity index (χ4n) is 1.90. The number of hydrogen-bond donors (Lipinski definition) is 2. The molecule has 1 aliphatic rings. The molecule has 1 aliphatic heterocycles. The van der Waals surface area contributed by atoms with Crippen LogP contribution in [0.15, 0.2) is 18.2 Å². The average Bonchev–Trinajstić information content (AvgIpc) is 2.69. The molecule has 1 aromatic rings. The predicted octanol–water partition coefficient (Wildman–Crippen LogP) is 1.64. The molecular formula is C12H13F4NO2. The zero-order valence-corrected chi connectivity index (χ0v) is 9.88. The summed E-state index contributed by atoms with van der Waals surface area (Å²) in [5.74, 6) is 0.174. The molecule has 0 saturated heterocycles. The molecule has 0 radical (unpaired) electrons. The third-order valence-corrected chi connectivity index (χ3v) is 2.85. The second kappa shape index (κ2) is 5.34. The van der Waals surface area contributed by atoms with Gasteiger partial charge in [0.1, 0.15) is 17.7 Å². The second-order valence-corrected chi connectivity index (χ2v) is 4.41. The first-order valence-corrected chi connectivity index (χ1v) is 5.77. The molecule has 0 spiro atoms. The number of halogens is 4. The summed E-state index contributed by atoms with van der Waals surface area (Å²) in [5, 5.41) is 11.3. The number of nitrogens with one attached hydrogen (secondary N) is 1. The van der Waals surface area contributed by atoms with E-state index < -0.39 is 18.8 Å². The third-order valence-electron chi connectivity index (χ3n) is 2.85. The van der Waals surface area contributed by atoms with E-state index in [-0.39, 0.29) is 18.5 Å². The molecule has 19 heavy (non-hydrogen) atoms. The summed E-state index contributed by atoms with van der Waals surface area (Å²) >= 11 is 0. The van der Waals surface area contributed by atoms with Crippen molar-refractivity contribution in [3.05, 3.63) is 29.6 Å². The normalized spacial score (nSPS) is 19.9. The largest absolute Gasteiger partial charge is 0.488 e. The summed E-state index contributed by atoms with van der Waals surface area (Å²) in [7, 11) is 0. The van der Waals surface area contributed by atoms with Crippen molar-refractivity contribution in [2.45, 2.75) is 24.8 Å². The molecule has 0 aliphatic carbocycles. The molecule has 106 valence electrons. The van der Waals surface area contributed by atoms with Crippen LogP contribution in [0.3, 0.4) is 0 Å². The summed E-state index contributed by atoms with van der Waals surface area (Å²) in [6, 6.07) is 4.11. The van der Waals surface area contributed by atoms with Crippen molar-refractivity contribution < 1.29 is 27.4 Å². The number of ether oxygens (including phenoxy) is 1. The van der Waals surface area contributed by atoms with Gasteiger partial charge in [0, 0.05) is 25.1 Å². The molecule has 2 rings (SSSR count). The molecule has 2 N–H and O–H groups in total. The van der Waals surface area contributed by atoms with Gasteiger partial charge in [0.05, 0.1) is 0 Å². The van der Waals surface area contributed by atoms with Gasteiger partial charge >= 0.3 is 6.18 Å². The summed E-state index contributed by atoms with van der Waals surface area (Å²) in [6.07, 6.45) is -6.94. The Morgan fingerprint density at radius 1 is 1.42 bits per heavy atom. The average molecular weight is 279 g/mol. The number of fused-ring (bicyclic) bond motifs is 1. The molecule has 7 heteroatoms. The SMILES string of the molecule is OC(CNCC1Cc2cc(F)ccc2O1)C(F)(F)F. The van der Waals surface area contributed by atoms with Gasteiger partial charge in [-0.05, 0) is 18.2 Å². The first-order valence-electron chi connectivity index (χ1n) is 5.77. The molecule has 1 heterocycles. The highest BCUT2D eigenvalue weighted by Crippen LogP contribution is 2.29. The van der Waals surface area contributed by atoms with Gasteiger partial charge in [0.2, 0.25) is 0 Å². The van der Waals surface area contributed by atoms with Crippen LogP contribution in [0.5, 0.6) is 5.75 Å². The van der Waals surface area contributed by atoms with Crippen LogP contribution in [0, 0.1) is 5.82 Å². The van der Waals surface area contributed by atoms with E-state index in [1.165, 1.54) is 18.2 Å². The van der Waals surface area contributed by atoms with E-state index in [2.05, 4.69) is 5.32 Å². The van der Waals surface area contributed by atoms with Gasteiger partial charge in [-0.25, -0.2) is 4.39 Å². The van der Waals surface area contributed by atoms with Gasteiger partial charge in [-0.1, -0.05) is 0 Å². The van der Waals surface area contributed by atoms with Crippen LogP contribution in [0.4, 0.5) is 17.6 Å². The Bertz CT molecular complexity index is 450. The third kappa shape index (κ3) is 3.57. The van der Waals surface area contributed by atoms with E-state index >= 15 is 0 Å². The standard InChI is InChI=1S/C12H13F4NO2/c13-8-1-2-10-7(3-8)4-9(19-10)5-17-6-11(18)12(14,15)16/h1-3,9,11,17-18H,4-6H2. The first kappa shape index (κ1) is 14.1. The first-order chi connectivity index (χ1) is 8.86. The maximum absolute atomic E-state index is 12.9. The lowest BCUT2D eigenvalue weighted by molar-refractivity contribution is -0.201. The Kier molecular flexibility index (Phi) is 3.96. The van der Waals surface area contributed by atoms with Crippen LogP contribution in [-0.4, -0.2) is 36.6 Å². The molecular weight excluding hydrogens is 266 g/mol. The topological polar surface area (TPSA) is 41.5 Å². The van der Waals surface area contributed by atoms with Gasteiger partial charge in [0.15, 0.2) is 6.10 Å². The van der Waals surface area contributed by atoms with Gasteiger partial charge in [-0.2, -0.15) is 13.2 Å². The maximum atomic E-state index is 12.9. The monoisotopic (exact) mass is 279 g/mol. The highest BCUT2D eigenvalue weighted by molar-refractivity contribution is 5.37. The molecule has 0 aromatic heterocycles. The van der Waals surface area contributed by atoms with Gasteiger partial charge < -0.3 is 15.2 Å². The van der Waals surface area contributed by atoms with E-state index in [9.17, 15) is 17.6 Å². The molecule has 0 saturated carbocycles. The summed E-state index contributed by atoms with van der Waals surface area (Å²) in [6.45, 7) is -0.433. The molecule has 2 atom stereocenters. The number of aliphatic hydroxyl groups is 1. The smallest absolute Gasteiger partial charge is 0.415 e. The van der Waals surface area contributed by atoms with Crippen molar-refractivity contribution in [1.82, 2.24) is 5.32 Å². The lowest BCUT2D eigenvalue weighted by Gasteiger charge is -2.17. The van der Waals surface area contributed by atoms with Crippen molar-refractivity contribution >= 4 is 0 Å². The van der Waals surface area contributed by atoms with E-state index in [1.807, 2.05) is 0 Å². The zero-order valence-electron chi connectivity index (χ0n) is 9.88. The number of hydrogen-bond acceptors (Lipinski definition) is 3. The highest BCUT2D eigenvalue weighted by atomic mass is 19.4. The highest BCUT2D eigenvalue weighted by Gasteiger charge is 2.37. The Hall–Kier alpha value is -1.34. The molecule has 0 fully saturated rings. The number of aliphatic hydroxyl groups excluding tert-OH is 1. The summed E-state index contributed by atoms with van der Waals surface area (Å²) in [5.41, 5.74) is 0.697. The lowest BCUT2D eigenvalue weighted by Crippen LogP contribution is -2.41. The van der Waals surface area contributed by atoms with Crippen molar-refractivity contribution in [1.29, 1.82) is 0 Å². The van der Waals surface area contributed by atoms with E-state index in [0.29, 0.717) is 17.7 Å². The van der Waals surface area contributed by atoms with Crippen molar-refractivity contribution in [2.24, 2.45) is 0 Å². The second-order valence-electron chi connectivity index (χ2n) is 4.41. The maximum Gasteiger partial charge on any atom is 0.415 e. The van der Waals surface area contributed by atoms with Crippen LogP contribution in [-0.2, 0) is 6.42 Å². The Morgan fingerprint density at radius 2 is 2.16 bits per heavy atom. The fourth-order valence-corrected chi connectivity index (χ4v) is 1.90. The molecule has 1 aromatic carbocycles. The van der Waals surface area contributed by atoms with Crippen molar-refractivity contribution in [3.63, 3.8) is 0 Å². The van der Waals surface area contributed by atoms with Crippen molar-refractivity contribution in [2.75, 3.05) is 13.1 Å². The predicted molar refractivity (Wildman–Crippen MR) is 59.5 cm³/mol. The molecule has 3 nitrogen and oxygen atoms in total. The van der Waals surface area contributed by atoms with E-state index in [1.54, 1.807) is 0 Å². The van der Waals surface area contributed by atoms with Crippen molar-refractivity contribution in [3.8, 4) is 5.75 Å². The van der Waals surface area contributed by atoms with Crippen LogP contribution in [0.25, 0.3) is 0 Å². The Morgan fingerprint density at radius 3 is 2.84 bits per heavy atom. The lowest BCUT2D eigenvalue weighted by atomic mass is 10.1. The molecule has 2 unspecified atom stereocenters. The Labute approximate surface area is 107 Å². The molecule has 0 bridgehead atoms. The summed E-state index contributed by atoms with van der Waals surface area (Å²) in [4.78, 5) is 0. The van der Waals surface area contributed by atoms with Crippen LogP contribution in [0.2, 0.25) is 0 Å². The zero-order chi connectivity index (χ0) is 14.0. The number of alkyl halides is 3. The van der Waals surface area contributed by atoms with Crippen LogP contribution < -0.4 is 10.1 Å². The summed E-state index contributed by atoms with van der Waals surface area (Å²) < 4.78 is 54.5. The van der Waals surface area contributed by atoms with Crippen LogP contribution >= 0.6 is 0 Å². The number of benzene rings is 1. The Balaban J connectivity index is 1.78. The van der Waals surface area contributed by atoms with Gasteiger partial charge in [-0.3, -0.25) is 0 Å².